The van der Waals surface area contributed by atoms with Gasteiger partial charge in [0.25, 0.3) is 0 Å². The van der Waals surface area contributed by atoms with E-state index in [0.717, 1.165) is 23.7 Å². The summed E-state index contributed by atoms with van der Waals surface area (Å²) in [6.07, 6.45) is 3.60. The van der Waals surface area contributed by atoms with E-state index in [-0.39, 0.29) is 0 Å². The van der Waals surface area contributed by atoms with E-state index in [2.05, 4.69) is 6.92 Å². The maximum Gasteiger partial charge on any atom is 0.119 e. The molecule has 0 amide bonds. The van der Waals surface area contributed by atoms with Gasteiger partial charge >= 0.3 is 0 Å². The van der Waals surface area contributed by atoms with Crippen molar-refractivity contribution in [3.05, 3.63) is 24.3 Å². The Morgan fingerprint density at radius 3 is 2.46 bits per heavy atom. The largest absolute Gasteiger partial charge is 0.494 e. The van der Waals surface area contributed by atoms with Crippen LogP contribution in [0.25, 0.3) is 0 Å². The minimum atomic E-state index is 0.810. The smallest absolute Gasteiger partial charge is 0.119 e. The van der Waals surface area contributed by atoms with Crippen molar-refractivity contribution in [3.63, 3.8) is 0 Å². The number of hydrogen-bond acceptors (Lipinski definition) is 1. The second kappa shape index (κ2) is 5.81. The molecule has 1 aromatic rings. The first-order valence-corrected chi connectivity index (χ1v) is 5.13. The van der Waals surface area contributed by atoms with Gasteiger partial charge in [-0.05, 0) is 30.7 Å². The van der Waals surface area contributed by atoms with Gasteiger partial charge in [-0.2, -0.15) is 0 Å². The molecule has 1 rings (SSSR count). The molecule has 0 saturated carbocycles. The first kappa shape index (κ1) is 10.3. The molecule has 0 unspecified atom stereocenters. The van der Waals surface area contributed by atoms with Crippen LogP contribution in [0.4, 0.5) is 0 Å². The molecule has 1 radical (unpaired) electrons. The van der Waals surface area contributed by atoms with Crippen molar-refractivity contribution in [2.24, 2.45) is 0 Å². The third-order valence-electron chi connectivity index (χ3n) is 1.84. The van der Waals surface area contributed by atoms with E-state index in [0.29, 0.717) is 0 Å². The summed E-state index contributed by atoms with van der Waals surface area (Å²) in [7, 11) is 0. The van der Waals surface area contributed by atoms with Crippen LogP contribution in [0.5, 0.6) is 5.75 Å². The summed E-state index contributed by atoms with van der Waals surface area (Å²) < 4.78 is 5.52. The molecule has 0 heterocycles. The lowest BCUT2D eigenvalue weighted by molar-refractivity contribution is 0.306. The van der Waals surface area contributed by atoms with Crippen molar-refractivity contribution < 1.29 is 4.74 Å². The van der Waals surface area contributed by atoms with E-state index in [1.54, 1.807) is 0 Å². The predicted octanol–water partition coefficient (Wildman–Crippen LogP) is 3.81. The molecule has 0 aliphatic rings. The Bertz CT molecular complexity index is 230. The third-order valence-corrected chi connectivity index (χ3v) is 2.11. The topological polar surface area (TPSA) is 9.23 Å². The van der Waals surface area contributed by atoms with Crippen molar-refractivity contribution >= 4 is 12.6 Å². The zero-order valence-electron chi connectivity index (χ0n) is 7.95. The summed E-state index contributed by atoms with van der Waals surface area (Å²) in [6.45, 7) is 3.00. The molecule has 13 heavy (non-hydrogen) atoms. The lowest BCUT2D eigenvalue weighted by Crippen LogP contribution is -1.96. The summed E-state index contributed by atoms with van der Waals surface area (Å²) in [5.41, 5.74) is 0. The highest BCUT2D eigenvalue weighted by Gasteiger charge is 1.92. The van der Waals surface area contributed by atoms with Gasteiger partial charge in [0.15, 0.2) is 0 Å². The normalized spacial score (nSPS) is 9.92. The van der Waals surface area contributed by atoms with Crippen LogP contribution >= 0.6 is 12.6 Å². The molecule has 71 valence electrons. The van der Waals surface area contributed by atoms with Crippen molar-refractivity contribution in [2.75, 3.05) is 6.61 Å². The summed E-state index contributed by atoms with van der Waals surface area (Å²) >= 11 is 4.97. The minimum Gasteiger partial charge on any atom is -0.494 e. The van der Waals surface area contributed by atoms with Gasteiger partial charge in [-0.3, -0.25) is 0 Å². The molecular weight excluding hydrogens is 180 g/mol. The molecule has 0 aliphatic heterocycles. The van der Waals surface area contributed by atoms with Gasteiger partial charge in [-0.15, -0.1) is 0 Å². The van der Waals surface area contributed by atoms with Gasteiger partial charge in [-0.25, -0.2) is 0 Å². The van der Waals surface area contributed by atoms with E-state index >= 15 is 0 Å². The maximum atomic E-state index is 5.52. The van der Waals surface area contributed by atoms with Crippen LogP contribution in [0.1, 0.15) is 26.2 Å². The number of unbranched alkanes of at least 4 members (excludes halogenated alkanes) is 2. The number of rotatable bonds is 5. The van der Waals surface area contributed by atoms with Crippen LogP contribution in [0, 0.1) is 0 Å². The van der Waals surface area contributed by atoms with Gasteiger partial charge in [0, 0.05) is 4.90 Å². The fraction of sp³-hybridized carbons (Fsp3) is 0.455. The van der Waals surface area contributed by atoms with Crippen LogP contribution in [-0.2, 0) is 0 Å². The molecule has 1 aromatic carbocycles. The first-order valence-electron chi connectivity index (χ1n) is 4.73. The van der Waals surface area contributed by atoms with Gasteiger partial charge in [0.2, 0.25) is 0 Å². The molecule has 0 aliphatic carbocycles. The molecule has 0 atom stereocenters. The minimum absolute atomic E-state index is 0.810. The Kier molecular flexibility index (Phi) is 4.61. The highest BCUT2D eigenvalue weighted by atomic mass is 32.1. The van der Waals surface area contributed by atoms with E-state index in [4.69, 9.17) is 17.4 Å². The second-order valence-corrected chi connectivity index (χ2v) is 3.50. The van der Waals surface area contributed by atoms with Crippen molar-refractivity contribution in [1.82, 2.24) is 0 Å². The molecular formula is C11H15OS. The van der Waals surface area contributed by atoms with Gasteiger partial charge < -0.3 is 4.74 Å². The fourth-order valence-corrected chi connectivity index (χ4v) is 1.21. The van der Waals surface area contributed by atoms with E-state index in [9.17, 15) is 0 Å². The molecule has 0 bridgehead atoms. The molecule has 0 spiro atoms. The zero-order valence-corrected chi connectivity index (χ0v) is 8.77. The molecule has 0 aromatic heterocycles. The second-order valence-electron chi connectivity index (χ2n) is 3.03. The molecule has 0 N–H and O–H groups in total. The molecule has 1 nitrogen and oxygen atoms in total. The average molecular weight is 195 g/mol. The van der Waals surface area contributed by atoms with Crippen LogP contribution < -0.4 is 4.74 Å². The molecule has 2 heteroatoms. The fourth-order valence-electron chi connectivity index (χ4n) is 1.08. The summed E-state index contributed by atoms with van der Waals surface area (Å²) in [4.78, 5) is 0.862. The Labute approximate surface area is 85.5 Å². The lowest BCUT2D eigenvalue weighted by Gasteiger charge is -2.04. The number of benzene rings is 1. The van der Waals surface area contributed by atoms with Crippen molar-refractivity contribution in [3.8, 4) is 5.75 Å². The monoisotopic (exact) mass is 195 g/mol. The maximum absolute atomic E-state index is 5.52. The average Bonchev–Trinajstić information content (AvgIpc) is 2.15. The standard InChI is InChI=1S/C11H15OS/c1-2-3-4-9-12-10-5-7-11(13)8-6-10/h5-8H,2-4,9H2,1H3. The SMILES string of the molecule is CCCCCOc1ccc([S])cc1. The highest BCUT2D eigenvalue weighted by Crippen LogP contribution is 2.14. The number of hydrogen-bond donors (Lipinski definition) is 0. The predicted molar refractivity (Wildman–Crippen MR) is 57.3 cm³/mol. The Morgan fingerprint density at radius 2 is 1.85 bits per heavy atom. The van der Waals surface area contributed by atoms with Crippen LogP contribution in [0.15, 0.2) is 29.2 Å². The molecule has 0 fully saturated rings. The van der Waals surface area contributed by atoms with Crippen LogP contribution in [0.2, 0.25) is 0 Å². The van der Waals surface area contributed by atoms with Crippen LogP contribution in [0.3, 0.4) is 0 Å². The first-order chi connectivity index (χ1) is 6.33. The summed E-state index contributed by atoms with van der Waals surface area (Å²) in [6, 6.07) is 7.64. The zero-order chi connectivity index (χ0) is 9.52. The van der Waals surface area contributed by atoms with Crippen molar-refractivity contribution in [1.29, 1.82) is 0 Å². The quantitative estimate of drug-likeness (QED) is 0.649. The summed E-state index contributed by atoms with van der Waals surface area (Å²) in [5, 5.41) is 0. The highest BCUT2D eigenvalue weighted by molar-refractivity contribution is 7.80. The van der Waals surface area contributed by atoms with Gasteiger partial charge in [0.1, 0.15) is 5.75 Å². The molecule has 0 saturated heterocycles. The summed E-state index contributed by atoms with van der Waals surface area (Å²) in [5.74, 6) is 0.921. The van der Waals surface area contributed by atoms with E-state index in [1.807, 2.05) is 24.3 Å². The van der Waals surface area contributed by atoms with E-state index < -0.39 is 0 Å². The number of ether oxygens (including phenoxy) is 1. The Hall–Kier alpha value is -0.760. The van der Waals surface area contributed by atoms with Gasteiger partial charge in [-0.1, -0.05) is 32.4 Å². The van der Waals surface area contributed by atoms with Gasteiger partial charge in [0.05, 0.1) is 6.61 Å². The van der Waals surface area contributed by atoms with E-state index in [1.165, 1.54) is 12.8 Å². The van der Waals surface area contributed by atoms with Crippen molar-refractivity contribution in [2.45, 2.75) is 31.1 Å². The van der Waals surface area contributed by atoms with Crippen LogP contribution in [-0.4, -0.2) is 6.61 Å². The Balaban J connectivity index is 2.25. The lowest BCUT2D eigenvalue weighted by atomic mass is 10.3. The third kappa shape index (κ3) is 4.13. The Morgan fingerprint density at radius 1 is 1.15 bits per heavy atom.